The first-order chi connectivity index (χ1) is 7.88. The van der Waals surface area contributed by atoms with Crippen molar-refractivity contribution < 1.29 is 24.2 Å². The summed E-state index contributed by atoms with van der Waals surface area (Å²) in [5.74, 6) is -1.96. The van der Waals surface area contributed by atoms with E-state index < -0.39 is 29.2 Å². The van der Waals surface area contributed by atoms with Crippen LogP contribution in [0.4, 0.5) is 0 Å². The van der Waals surface area contributed by atoms with E-state index in [2.05, 4.69) is 0 Å². The number of carbonyl (C=O) groups is 3. The Labute approximate surface area is 97.8 Å². The van der Waals surface area contributed by atoms with E-state index in [1.54, 1.807) is 0 Å². The minimum absolute atomic E-state index is 0.00308. The van der Waals surface area contributed by atoms with Gasteiger partial charge in [0.1, 0.15) is 5.41 Å². The summed E-state index contributed by atoms with van der Waals surface area (Å²) in [5, 5.41) is 9.20. The maximum atomic E-state index is 11.8. The molecule has 0 aromatic carbocycles. The average molecular weight is 239 g/mol. The Kier molecular flexibility index (Phi) is 2.54. The highest BCUT2D eigenvalue weighted by molar-refractivity contribution is 6.16. The van der Waals surface area contributed by atoms with Crippen LogP contribution in [0.5, 0.6) is 0 Å². The van der Waals surface area contributed by atoms with Gasteiger partial charge in [-0.1, -0.05) is 0 Å². The van der Waals surface area contributed by atoms with Crippen LogP contribution >= 0.6 is 0 Å². The van der Waals surface area contributed by atoms with E-state index in [-0.39, 0.29) is 13.2 Å². The molecule has 0 aromatic rings. The number of rotatable bonds is 2. The van der Waals surface area contributed by atoms with Gasteiger partial charge in [-0.05, 0) is 13.8 Å². The fourth-order valence-electron chi connectivity index (χ4n) is 2.13. The molecule has 17 heavy (non-hydrogen) atoms. The van der Waals surface area contributed by atoms with Gasteiger partial charge >= 0.3 is 5.97 Å². The van der Waals surface area contributed by atoms with Crippen LogP contribution in [-0.4, -0.2) is 47.0 Å². The Bertz CT molecular complexity index is 441. The van der Waals surface area contributed by atoms with Crippen LogP contribution in [0.1, 0.15) is 13.8 Å². The number of nitrogens with zero attached hydrogens (tertiary/aromatic N) is 1. The summed E-state index contributed by atoms with van der Waals surface area (Å²) in [5.41, 5.74) is -0.904. The number of ether oxygens (including phenoxy) is 1. The average Bonchev–Trinajstić information content (AvgIpc) is 2.72. The van der Waals surface area contributed by atoms with Gasteiger partial charge in [0, 0.05) is 11.6 Å². The summed E-state index contributed by atoms with van der Waals surface area (Å²) in [6, 6.07) is -0.742. The first kappa shape index (κ1) is 11.8. The summed E-state index contributed by atoms with van der Waals surface area (Å²) in [6.07, 6.45) is 1.23. The molecule has 0 saturated carbocycles. The lowest BCUT2D eigenvalue weighted by molar-refractivity contribution is -0.153. The first-order valence-corrected chi connectivity index (χ1v) is 5.25. The van der Waals surface area contributed by atoms with Crippen LogP contribution in [-0.2, 0) is 19.1 Å². The number of hydrogen-bond acceptors (Lipinski definition) is 4. The largest absolute Gasteiger partial charge is 0.481 e. The van der Waals surface area contributed by atoms with Crippen molar-refractivity contribution in [3.63, 3.8) is 0 Å². The third-order valence-electron chi connectivity index (χ3n) is 3.35. The molecule has 1 N–H and O–H groups in total. The van der Waals surface area contributed by atoms with E-state index in [9.17, 15) is 19.5 Å². The second-order valence-corrected chi connectivity index (χ2v) is 4.59. The molecule has 1 saturated heterocycles. The number of hydrogen-bond donors (Lipinski definition) is 1. The molecule has 2 unspecified atom stereocenters. The van der Waals surface area contributed by atoms with Crippen molar-refractivity contribution in [2.75, 3.05) is 13.2 Å². The quantitative estimate of drug-likeness (QED) is 0.674. The third-order valence-corrected chi connectivity index (χ3v) is 3.35. The standard InChI is InChI=1S/C11H13NO5/c1-6-3-8(13)12(9(6)14)7-4-17-5-11(7,2)10(15)16/h3,7H,4-5H2,1-2H3,(H,15,16). The van der Waals surface area contributed by atoms with Gasteiger partial charge < -0.3 is 9.84 Å². The lowest BCUT2D eigenvalue weighted by Gasteiger charge is -2.31. The molecule has 6 nitrogen and oxygen atoms in total. The fraction of sp³-hybridized carbons (Fsp3) is 0.545. The molecule has 0 aromatic heterocycles. The Hall–Kier alpha value is -1.69. The molecule has 2 aliphatic heterocycles. The van der Waals surface area contributed by atoms with Crippen LogP contribution in [0.15, 0.2) is 11.6 Å². The second kappa shape index (κ2) is 3.66. The minimum atomic E-state index is -1.23. The summed E-state index contributed by atoms with van der Waals surface area (Å²) in [6.45, 7) is 3.10. The Morgan fingerprint density at radius 1 is 1.59 bits per heavy atom. The molecule has 2 atom stereocenters. The number of carboxylic acid groups (broad SMARTS) is 1. The highest BCUT2D eigenvalue weighted by Crippen LogP contribution is 2.35. The molecule has 2 rings (SSSR count). The molecular weight excluding hydrogens is 226 g/mol. The molecule has 92 valence electrons. The van der Waals surface area contributed by atoms with Crippen LogP contribution in [0.3, 0.4) is 0 Å². The smallest absolute Gasteiger partial charge is 0.313 e. The SMILES string of the molecule is CC1=CC(=O)N(C2COCC2(C)C(=O)O)C1=O. The third kappa shape index (κ3) is 1.56. The van der Waals surface area contributed by atoms with Crippen molar-refractivity contribution in [2.24, 2.45) is 5.41 Å². The second-order valence-electron chi connectivity index (χ2n) is 4.59. The first-order valence-electron chi connectivity index (χ1n) is 5.25. The van der Waals surface area contributed by atoms with Gasteiger partial charge in [0.05, 0.1) is 19.3 Å². The van der Waals surface area contributed by atoms with Crippen LogP contribution < -0.4 is 0 Å². The fourth-order valence-corrected chi connectivity index (χ4v) is 2.13. The van der Waals surface area contributed by atoms with Crippen molar-refractivity contribution in [3.05, 3.63) is 11.6 Å². The van der Waals surface area contributed by atoms with Crippen molar-refractivity contribution in [2.45, 2.75) is 19.9 Å². The Morgan fingerprint density at radius 3 is 2.71 bits per heavy atom. The molecular formula is C11H13NO5. The van der Waals surface area contributed by atoms with Gasteiger partial charge in [-0.2, -0.15) is 0 Å². The van der Waals surface area contributed by atoms with E-state index in [1.807, 2.05) is 0 Å². The Morgan fingerprint density at radius 2 is 2.24 bits per heavy atom. The monoisotopic (exact) mass is 239 g/mol. The van der Waals surface area contributed by atoms with E-state index in [4.69, 9.17) is 4.74 Å². The highest BCUT2D eigenvalue weighted by Gasteiger charge is 2.53. The number of carbonyl (C=O) groups excluding carboxylic acids is 2. The number of imide groups is 1. The summed E-state index contributed by atoms with van der Waals surface area (Å²) < 4.78 is 5.13. The summed E-state index contributed by atoms with van der Waals surface area (Å²) in [7, 11) is 0. The molecule has 1 fully saturated rings. The van der Waals surface area contributed by atoms with Crippen LogP contribution in [0.25, 0.3) is 0 Å². The molecule has 0 aliphatic carbocycles. The molecule has 2 amide bonds. The summed E-state index contributed by atoms with van der Waals surface area (Å²) in [4.78, 5) is 35.7. The van der Waals surface area contributed by atoms with Crippen LogP contribution in [0.2, 0.25) is 0 Å². The van der Waals surface area contributed by atoms with E-state index in [0.29, 0.717) is 5.57 Å². The molecule has 0 spiro atoms. The van der Waals surface area contributed by atoms with E-state index >= 15 is 0 Å². The predicted octanol–water partition coefficient (Wildman–Crippen LogP) is -0.209. The van der Waals surface area contributed by atoms with Gasteiger partial charge in [0.25, 0.3) is 11.8 Å². The number of amides is 2. The maximum Gasteiger partial charge on any atom is 0.313 e. The highest BCUT2D eigenvalue weighted by atomic mass is 16.5. The molecule has 0 radical (unpaired) electrons. The molecule has 2 heterocycles. The van der Waals surface area contributed by atoms with Gasteiger partial charge in [-0.15, -0.1) is 0 Å². The minimum Gasteiger partial charge on any atom is -0.481 e. The lowest BCUT2D eigenvalue weighted by atomic mass is 9.84. The van der Waals surface area contributed by atoms with Crippen molar-refractivity contribution >= 4 is 17.8 Å². The van der Waals surface area contributed by atoms with Crippen molar-refractivity contribution in [3.8, 4) is 0 Å². The lowest BCUT2D eigenvalue weighted by Crippen LogP contribution is -2.52. The molecule has 2 aliphatic rings. The zero-order valence-corrected chi connectivity index (χ0v) is 9.60. The van der Waals surface area contributed by atoms with Crippen molar-refractivity contribution in [1.29, 1.82) is 0 Å². The van der Waals surface area contributed by atoms with Crippen molar-refractivity contribution in [1.82, 2.24) is 4.90 Å². The number of aliphatic carboxylic acids is 1. The van der Waals surface area contributed by atoms with Gasteiger partial charge in [0.2, 0.25) is 0 Å². The Balaban J connectivity index is 2.33. The maximum absolute atomic E-state index is 11.8. The van der Waals surface area contributed by atoms with Crippen LogP contribution in [0, 0.1) is 5.41 Å². The zero-order chi connectivity index (χ0) is 12.8. The molecule has 6 heteroatoms. The van der Waals surface area contributed by atoms with Gasteiger partial charge in [-0.3, -0.25) is 19.3 Å². The van der Waals surface area contributed by atoms with E-state index in [0.717, 1.165) is 4.90 Å². The predicted molar refractivity (Wildman–Crippen MR) is 56.0 cm³/mol. The van der Waals surface area contributed by atoms with Gasteiger partial charge in [0.15, 0.2) is 0 Å². The van der Waals surface area contributed by atoms with Gasteiger partial charge in [-0.25, -0.2) is 0 Å². The topological polar surface area (TPSA) is 83.9 Å². The zero-order valence-electron chi connectivity index (χ0n) is 9.60. The van der Waals surface area contributed by atoms with E-state index in [1.165, 1.54) is 19.9 Å². The summed E-state index contributed by atoms with van der Waals surface area (Å²) >= 11 is 0. The normalized spacial score (nSPS) is 33.2. The number of carboxylic acids is 1. The molecule has 0 bridgehead atoms.